The summed E-state index contributed by atoms with van der Waals surface area (Å²) in [7, 11) is 0. The average Bonchev–Trinajstić information content (AvgIpc) is 2.45. The van der Waals surface area contributed by atoms with Gasteiger partial charge in [0.15, 0.2) is 0 Å². The lowest BCUT2D eigenvalue weighted by atomic mass is 9.66. The van der Waals surface area contributed by atoms with E-state index in [1.807, 2.05) is 0 Å². The zero-order valence-corrected chi connectivity index (χ0v) is 13.7. The van der Waals surface area contributed by atoms with Crippen LogP contribution in [0, 0.1) is 23.7 Å². The number of aliphatic hydroxyl groups is 1. The Morgan fingerprint density at radius 2 is 2.09 bits per heavy atom. The van der Waals surface area contributed by atoms with Gasteiger partial charge in [0, 0.05) is 6.42 Å². The smallest absolute Gasteiger partial charge is 0.308 e. The number of esters is 1. The lowest BCUT2D eigenvalue weighted by Gasteiger charge is -2.39. The Hall–Kier alpha value is -1.09. The van der Waals surface area contributed by atoms with E-state index < -0.39 is 6.10 Å². The Labute approximate surface area is 133 Å². The first-order chi connectivity index (χ1) is 10.5. The van der Waals surface area contributed by atoms with E-state index in [4.69, 9.17) is 4.74 Å². The second-order valence-electron chi connectivity index (χ2n) is 7.49. The highest BCUT2D eigenvalue weighted by molar-refractivity contribution is 5.70. The second-order valence-corrected chi connectivity index (χ2v) is 7.49. The van der Waals surface area contributed by atoms with E-state index in [1.54, 1.807) is 0 Å². The molecule has 0 saturated carbocycles. The maximum Gasteiger partial charge on any atom is 0.308 e. The van der Waals surface area contributed by atoms with E-state index in [0.717, 1.165) is 12.8 Å². The van der Waals surface area contributed by atoms with Gasteiger partial charge in [-0.3, -0.25) is 4.79 Å². The minimum atomic E-state index is -0.513. The third-order valence-corrected chi connectivity index (χ3v) is 5.68. The minimum Gasteiger partial charge on any atom is -0.462 e. The largest absolute Gasteiger partial charge is 0.462 e. The number of carbonyl (C=O) groups excluding carboxylic acids is 1. The normalized spacial score (nSPS) is 41.6. The summed E-state index contributed by atoms with van der Waals surface area (Å²) in [6.45, 7) is 4.60. The van der Waals surface area contributed by atoms with Crippen LogP contribution in [0.5, 0.6) is 0 Å². The first-order valence-corrected chi connectivity index (χ1v) is 8.80. The van der Waals surface area contributed by atoms with Gasteiger partial charge in [0.1, 0.15) is 6.10 Å². The summed E-state index contributed by atoms with van der Waals surface area (Å²) in [6.07, 6.45) is 11.8. The Morgan fingerprint density at radius 3 is 2.86 bits per heavy atom. The van der Waals surface area contributed by atoms with Crippen molar-refractivity contribution in [3.8, 4) is 0 Å². The van der Waals surface area contributed by atoms with Crippen molar-refractivity contribution in [2.24, 2.45) is 23.7 Å². The molecule has 1 N–H and O–H groups in total. The summed E-state index contributed by atoms with van der Waals surface area (Å²) in [5, 5.41) is 9.73. The molecule has 22 heavy (non-hydrogen) atoms. The van der Waals surface area contributed by atoms with Crippen molar-refractivity contribution in [3.63, 3.8) is 0 Å². The molecule has 122 valence electrons. The van der Waals surface area contributed by atoms with Crippen molar-refractivity contribution in [3.05, 3.63) is 23.8 Å². The van der Waals surface area contributed by atoms with Gasteiger partial charge in [-0.2, -0.15) is 0 Å². The Kier molecular flexibility index (Phi) is 4.72. The number of aliphatic hydroxyl groups excluding tert-OH is 1. The van der Waals surface area contributed by atoms with Crippen LogP contribution in [0.1, 0.15) is 52.4 Å². The van der Waals surface area contributed by atoms with Gasteiger partial charge in [-0.1, -0.05) is 32.1 Å². The van der Waals surface area contributed by atoms with Crippen LogP contribution in [-0.2, 0) is 9.53 Å². The van der Waals surface area contributed by atoms with Crippen LogP contribution in [0.3, 0.4) is 0 Å². The van der Waals surface area contributed by atoms with Gasteiger partial charge >= 0.3 is 5.97 Å². The van der Waals surface area contributed by atoms with Crippen molar-refractivity contribution in [2.45, 2.75) is 64.6 Å². The SMILES string of the molecule is CC1C=CC2=C[C@H](C)CCC2[C@H]1CC[C@@H]1CC(O)CC(=O)O1. The molecule has 3 aliphatic rings. The predicted molar refractivity (Wildman–Crippen MR) is 86.1 cm³/mol. The predicted octanol–water partition coefficient (Wildman–Crippen LogP) is 3.63. The molecule has 1 aliphatic heterocycles. The van der Waals surface area contributed by atoms with E-state index in [2.05, 4.69) is 32.1 Å². The van der Waals surface area contributed by atoms with Crippen LogP contribution in [0.4, 0.5) is 0 Å². The third-order valence-electron chi connectivity index (χ3n) is 5.68. The topological polar surface area (TPSA) is 46.5 Å². The summed E-state index contributed by atoms with van der Waals surface area (Å²) in [5.41, 5.74) is 1.52. The highest BCUT2D eigenvalue weighted by Gasteiger charge is 2.34. The second kappa shape index (κ2) is 6.57. The summed E-state index contributed by atoms with van der Waals surface area (Å²) < 4.78 is 5.40. The fraction of sp³-hybridized carbons (Fsp3) is 0.737. The van der Waals surface area contributed by atoms with Crippen molar-refractivity contribution in [2.75, 3.05) is 0 Å². The number of fused-ring (bicyclic) bond motifs is 1. The van der Waals surface area contributed by atoms with E-state index in [9.17, 15) is 9.90 Å². The fourth-order valence-electron chi connectivity index (χ4n) is 4.44. The van der Waals surface area contributed by atoms with Crippen LogP contribution >= 0.6 is 0 Å². The van der Waals surface area contributed by atoms with Gasteiger partial charge < -0.3 is 9.84 Å². The molecular formula is C19H28O3. The van der Waals surface area contributed by atoms with Crippen molar-refractivity contribution in [1.29, 1.82) is 0 Å². The number of carbonyl (C=O) groups is 1. The number of ether oxygens (including phenoxy) is 1. The van der Waals surface area contributed by atoms with Crippen molar-refractivity contribution >= 4 is 5.97 Å². The van der Waals surface area contributed by atoms with Gasteiger partial charge in [0.25, 0.3) is 0 Å². The lowest BCUT2D eigenvalue weighted by molar-refractivity contribution is -0.160. The molecule has 0 amide bonds. The molecule has 3 rings (SSSR count). The summed E-state index contributed by atoms with van der Waals surface area (Å²) in [5.74, 6) is 2.34. The Morgan fingerprint density at radius 1 is 1.27 bits per heavy atom. The molecule has 0 aromatic carbocycles. The third kappa shape index (κ3) is 3.45. The Balaban J connectivity index is 1.63. The zero-order valence-electron chi connectivity index (χ0n) is 13.7. The van der Waals surface area contributed by atoms with Crippen LogP contribution in [-0.4, -0.2) is 23.3 Å². The molecule has 0 bridgehead atoms. The number of allylic oxidation sites excluding steroid dienone is 4. The standard InChI is InChI=1S/C19H28O3/c1-12-3-7-18-14(9-12)5-4-13(2)17(18)8-6-16-10-15(20)11-19(21)22-16/h4-5,9,12-13,15-18,20H,3,6-8,10-11H2,1-2H3/t12-,13?,15?,16-,17+,18?/m1/s1. The zero-order chi connectivity index (χ0) is 15.7. The molecule has 2 aliphatic carbocycles. The highest BCUT2D eigenvalue weighted by Crippen LogP contribution is 2.43. The van der Waals surface area contributed by atoms with Gasteiger partial charge in [0.05, 0.1) is 12.5 Å². The molecular weight excluding hydrogens is 276 g/mol. The monoisotopic (exact) mass is 304 g/mol. The molecule has 3 nitrogen and oxygen atoms in total. The molecule has 1 heterocycles. The molecule has 0 aromatic rings. The quantitative estimate of drug-likeness (QED) is 0.810. The number of cyclic esters (lactones) is 1. The van der Waals surface area contributed by atoms with Crippen molar-refractivity contribution in [1.82, 2.24) is 0 Å². The first-order valence-electron chi connectivity index (χ1n) is 8.80. The van der Waals surface area contributed by atoms with E-state index in [0.29, 0.717) is 30.1 Å². The van der Waals surface area contributed by atoms with Crippen LogP contribution in [0.25, 0.3) is 0 Å². The minimum absolute atomic E-state index is 0.0932. The molecule has 1 fully saturated rings. The van der Waals surface area contributed by atoms with E-state index in [-0.39, 0.29) is 18.5 Å². The van der Waals surface area contributed by atoms with Gasteiger partial charge in [-0.25, -0.2) is 0 Å². The summed E-state index contributed by atoms with van der Waals surface area (Å²) >= 11 is 0. The van der Waals surface area contributed by atoms with Gasteiger partial charge in [0.2, 0.25) is 0 Å². The molecule has 6 atom stereocenters. The summed E-state index contributed by atoms with van der Waals surface area (Å²) in [6, 6.07) is 0. The van der Waals surface area contributed by atoms with Crippen LogP contribution in [0.15, 0.2) is 23.8 Å². The number of hydrogen-bond acceptors (Lipinski definition) is 3. The molecule has 3 unspecified atom stereocenters. The maximum absolute atomic E-state index is 11.5. The molecule has 1 saturated heterocycles. The number of hydrogen-bond donors (Lipinski definition) is 1. The van der Waals surface area contributed by atoms with Gasteiger partial charge in [-0.15, -0.1) is 0 Å². The highest BCUT2D eigenvalue weighted by atomic mass is 16.5. The van der Waals surface area contributed by atoms with E-state index in [1.165, 1.54) is 18.4 Å². The molecule has 0 spiro atoms. The van der Waals surface area contributed by atoms with Gasteiger partial charge in [-0.05, 0) is 54.9 Å². The Bertz CT molecular complexity index is 479. The lowest BCUT2D eigenvalue weighted by Crippen LogP contribution is -2.34. The van der Waals surface area contributed by atoms with E-state index >= 15 is 0 Å². The van der Waals surface area contributed by atoms with Crippen LogP contribution in [0.2, 0.25) is 0 Å². The molecule has 0 aromatic heterocycles. The molecule has 0 radical (unpaired) electrons. The summed E-state index contributed by atoms with van der Waals surface area (Å²) in [4.78, 5) is 11.5. The van der Waals surface area contributed by atoms with Crippen molar-refractivity contribution < 1.29 is 14.6 Å². The average molecular weight is 304 g/mol. The number of rotatable bonds is 3. The molecule has 3 heteroatoms. The van der Waals surface area contributed by atoms with Crippen LogP contribution < -0.4 is 0 Å². The maximum atomic E-state index is 11.5. The first kappa shape index (κ1) is 15.8. The fourth-order valence-corrected chi connectivity index (χ4v) is 4.44.